The molecule has 0 saturated carbocycles. The van der Waals surface area contributed by atoms with Gasteiger partial charge < -0.3 is 9.80 Å². The fourth-order valence-corrected chi connectivity index (χ4v) is 11.1. The molecule has 0 amide bonds. The van der Waals surface area contributed by atoms with Gasteiger partial charge in [0.15, 0.2) is 0 Å². The first-order valence-corrected chi connectivity index (χ1v) is 23.9. The van der Waals surface area contributed by atoms with Crippen molar-refractivity contribution in [3.8, 4) is 33.4 Å². The lowest BCUT2D eigenvalue weighted by atomic mass is 9.73. The second-order valence-electron chi connectivity index (χ2n) is 19.1. The van der Waals surface area contributed by atoms with Crippen LogP contribution >= 0.6 is 0 Å². The van der Waals surface area contributed by atoms with E-state index in [-0.39, 0.29) is 0 Å². The maximum atomic E-state index is 2.52. The average Bonchev–Trinajstić information content (AvgIpc) is 3.60. The number of benzene rings is 10. The van der Waals surface area contributed by atoms with Gasteiger partial charge in [0.25, 0.3) is 0 Å². The van der Waals surface area contributed by atoms with E-state index in [1.807, 2.05) is 0 Å². The first kappa shape index (κ1) is 42.7. The minimum Gasteiger partial charge on any atom is -0.310 e. The van der Waals surface area contributed by atoms with E-state index < -0.39 is 5.41 Å². The van der Waals surface area contributed by atoms with E-state index >= 15 is 0 Å². The molecule has 1 atom stereocenters. The molecule has 0 spiro atoms. The Kier molecular flexibility index (Phi) is 10.7. The van der Waals surface area contributed by atoms with Crippen molar-refractivity contribution in [2.45, 2.75) is 53.9 Å². The molecule has 0 fully saturated rings. The number of nitrogens with zero attached hydrogens (tertiary/aromatic N) is 2. The zero-order chi connectivity index (χ0) is 46.7. The summed E-state index contributed by atoms with van der Waals surface area (Å²) in [5.41, 5.74) is 25.3. The number of aryl methyl sites for hydroxylation is 6. The van der Waals surface area contributed by atoms with Gasteiger partial charge in [-0.2, -0.15) is 0 Å². The summed E-state index contributed by atoms with van der Waals surface area (Å²) in [5, 5.41) is 2.46. The van der Waals surface area contributed by atoms with Gasteiger partial charge in [-0.25, -0.2) is 0 Å². The van der Waals surface area contributed by atoms with Gasteiger partial charge in [-0.1, -0.05) is 146 Å². The average molecular weight is 877 g/mol. The number of hydrogen-bond acceptors (Lipinski definition) is 2. The largest absolute Gasteiger partial charge is 0.310 e. The predicted octanol–water partition coefficient (Wildman–Crippen LogP) is 18.3. The van der Waals surface area contributed by atoms with Crippen LogP contribution in [0.3, 0.4) is 0 Å². The molecule has 0 bridgehead atoms. The van der Waals surface area contributed by atoms with Gasteiger partial charge in [0.1, 0.15) is 0 Å². The van der Waals surface area contributed by atoms with Crippen molar-refractivity contribution in [3.05, 3.63) is 262 Å². The van der Waals surface area contributed by atoms with E-state index in [1.54, 1.807) is 0 Å². The van der Waals surface area contributed by atoms with Crippen LogP contribution in [0.15, 0.2) is 212 Å². The maximum Gasteiger partial charge on any atom is 0.0543 e. The second-order valence-corrected chi connectivity index (χ2v) is 19.1. The molecule has 2 heteroatoms. The summed E-state index contributed by atoms with van der Waals surface area (Å²) in [5.74, 6) is 0. The van der Waals surface area contributed by atoms with Crippen LogP contribution in [0.1, 0.15) is 57.0 Å². The molecule has 10 aromatic rings. The highest BCUT2D eigenvalue weighted by atomic mass is 15.1. The van der Waals surface area contributed by atoms with Crippen LogP contribution in [0.5, 0.6) is 0 Å². The topological polar surface area (TPSA) is 6.48 Å². The van der Waals surface area contributed by atoms with Gasteiger partial charge in [-0.3, -0.25) is 0 Å². The monoisotopic (exact) mass is 876 g/mol. The van der Waals surface area contributed by atoms with Gasteiger partial charge in [-0.05, 0) is 204 Å². The molecular formula is C66H56N2. The van der Waals surface area contributed by atoms with Crippen molar-refractivity contribution in [2.24, 2.45) is 0 Å². The van der Waals surface area contributed by atoms with Crippen LogP contribution in [0.4, 0.5) is 34.1 Å². The Bertz CT molecular complexity index is 3560. The Morgan fingerprint density at radius 3 is 1.32 bits per heavy atom. The van der Waals surface area contributed by atoms with Crippen LogP contribution in [0.25, 0.3) is 44.2 Å². The van der Waals surface area contributed by atoms with E-state index in [9.17, 15) is 0 Å². The molecule has 1 aliphatic rings. The van der Waals surface area contributed by atoms with Crippen molar-refractivity contribution in [1.82, 2.24) is 0 Å². The Hall–Kier alpha value is -7.94. The summed E-state index contributed by atoms with van der Waals surface area (Å²) in [7, 11) is 0. The molecule has 2 nitrogen and oxygen atoms in total. The number of rotatable bonds is 9. The van der Waals surface area contributed by atoms with Gasteiger partial charge >= 0.3 is 0 Å². The number of fused-ring (bicyclic) bond motifs is 5. The fourth-order valence-electron chi connectivity index (χ4n) is 11.1. The summed E-state index contributed by atoms with van der Waals surface area (Å²) in [6, 6.07) is 79.2. The smallest absolute Gasteiger partial charge is 0.0543 e. The zero-order valence-electron chi connectivity index (χ0n) is 40.1. The molecule has 0 aliphatic heterocycles. The number of hydrogen-bond donors (Lipinski definition) is 0. The lowest BCUT2D eigenvalue weighted by molar-refractivity contribution is 0.714. The standard InChI is InChI=1S/C66H56N2/c1-43-19-17-25-50(37-43)67(52-31-34-57(47(5)39-52)55-27-13-11-21-45(55)3)54-33-36-61-62(41-54)66(7,49-23-9-8-10-24-49)63-42-64(59-29-15-16-30-60(59)65(61)63)68(51-26-18-20-44(2)38-51)53-32-35-58(48(6)40-53)56-28-14-12-22-46(56)4/h8-42H,1-7H3. The maximum absolute atomic E-state index is 2.52. The summed E-state index contributed by atoms with van der Waals surface area (Å²) >= 11 is 0. The number of anilines is 6. The third-order valence-corrected chi connectivity index (χ3v) is 14.5. The van der Waals surface area contributed by atoms with E-state index in [0.717, 1.165) is 34.1 Å². The van der Waals surface area contributed by atoms with E-state index in [4.69, 9.17) is 0 Å². The van der Waals surface area contributed by atoms with Gasteiger partial charge in [0, 0.05) is 39.2 Å². The minimum absolute atomic E-state index is 0.494. The summed E-state index contributed by atoms with van der Waals surface area (Å²) in [4.78, 5) is 4.94. The fraction of sp³-hybridized carbons (Fsp3) is 0.121. The molecule has 11 rings (SSSR count). The zero-order valence-corrected chi connectivity index (χ0v) is 40.1. The lowest BCUT2D eigenvalue weighted by Crippen LogP contribution is -2.23. The third kappa shape index (κ3) is 7.20. The van der Waals surface area contributed by atoms with Crippen LogP contribution in [0.2, 0.25) is 0 Å². The van der Waals surface area contributed by atoms with Gasteiger partial charge in [-0.15, -0.1) is 0 Å². The van der Waals surface area contributed by atoms with E-state index in [0.29, 0.717) is 0 Å². The minimum atomic E-state index is -0.494. The SMILES string of the molecule is Cc1cccc(N(c2ccc(-c3ccccc3C)c(C)c2)c2ccc3c(c2)C(C)(c2ccccc2)c2cc(N(c4cccc(C)c4)c4ccc(-c5ccccc5C)c(C)c4)c4ccccc4c2-3)c1. The Morgan fingerprint density at radius 2 is 0.765 bits per heavy atom. The second kappa shape index (κ2) is 17.0. The highest BCUT2D eigenvalue weighted by Gasteiger charge is 2.43. The van der Waals surface area contributed by atoms with E-state index in [1.165, 1.54) is 94.2 Å². The Balaban J connectivity index is 1.13. The van der Waals surface area contributed by atoms with Crippen LogP contribution in [0, 0.1) is 41.5 Å². The molecule has 68 heavy (non-hydrogen) atoms. The lowest BCUT2D eigenvalue weighted by Gasteiger charge is -2.33. The molecule has 0 aromatic heterocycles. The van der Waals surface area contributed by atoms with Crippen LogP contribution < -0.4 is 9.80 Å². The molecule has 10 aromatic carbocycles. The Morgan fingerprint density at radius 1 is 0.309 bits per heavy atom. The van der Waals surface area contributed by atoms with Crippen molar-refractivity contribution in [3.63, 3.8) is 0 Å². The quantitative estimate of drug-likeness (QED) is 0.143. The first-order valence-electron chi connectivity index (χ1n) is 23.9. The highest BCUT2D eigenvalue weighted by molar-refractivity contribution is 6.11. The molecule has 330 valence electrons. The molecule has 0 heterocycles. The van der Waals surface area contributed by atoms with Crippen molar-refractivity contribution >= 4 is 44.9 Å². The van der Waals surface area contributed by atoms with Gasteiger partial charge in [0.05, 0.1) is 5.69 Å². The molecule has 1 unspecified atom stereocenters. The third-order valence-electron chi connectivity index (χ3n) is 14.5. The summed E-state index contributed by atoms with van der Waals surface area (Å²) in [6.07, 6.45) is 0. The molecule has 1 aliphatic carbocycles. The van der Waals surface area contributed by atoms with Crippen LogP contribution in [-0.2, 0) is 5.41 Å². The Labute approximate surface area is 402 Å². The predicted molar refractivity (Wildman–Crippen MR) is 290 cm³/mol. The highest BCUT2D eigenvalue weighted by Crippen LogP contribution is 2.58. The van der Waals surface area contributed by atoms with Gasteiger partial charge in [0.2, 0.25) is 0 Å². The molecule has 0 radical (unpaired) electrons. The van der Waals surface area contributed by atoms with Crippen molar-refractivity contribution < 1.29 is 0 Å². The summed E-state index contributed by atoms with van der Waals surface area (Å²) < 4.78 is 0. The van der Waals surface area contributed by atoms with E-state index in [2.05, 4.69) is 271 Å². The molecule has 0 N–H and O–H groups in total. The first-order chi connectivity index (χ1) is 33.1. The normalized spacial score (nSPS) is 13.9. The van der Waals surface area contributed by atoms with Crippen molar-refractivity contribution in [1.29, 1.82) is 0 Å². The van der Waals surface area contributed by atoms with Crippen molar-refractivity contribution in [2.75, 3.05) is 9.80 Å². The van der Waals surface area contributed by atoms with Crippen LogP contribution in [-0.4, -0.2) is 0 Å². The molecular weight excluding hydrogens is 821 g/mol. The summed E-state index contributed by atoms with van der Waals surface area (Å²) in [6.45, 7) is 15.7. The molecule has 0 saturated heterocycles.